The lowest BCUT2D eigenvalue weighted by molar-refractivity contribution is -0.127. The molecule has 7 heteroatoms. The molecule has 0 spiro atoms. The number of likely N-dealkylation sites (tertiary alicyclic amines) is 1. The van der Waals surface area contributed by atoms with Gasteiger partial charge in [0.2, 0.25) is 5.91 Å². The van der Waals surface area contributed by atoms with Gasteiger partial charge in [0.1, 0.15) is 34.4 Å². The Hall–Kier alpha value is -4.13. The molecule has 1 amide bonds. The van der Waals surface area contributed by atoms with E-state index in [-0.39, 0.29) is 11.9 Å². The summed E-state index contributed by atoms with van der Waals surface area (Å²) in [6.07, 6.45) is 8.41. The second kappa shape index (κ2) is 8.58. The fourth-order valence-electron chi connectivity index (χ4n) is 5.78. The predicted molar refractivity (Wildman–Crippen MR) is 135 cm³/mol. The van der Waals surface area contributed by atoms with Crippen LogP contribution in [-0.2, 0) is 4.79 Å². The first-order valence-corrected chi connectivity index (χ1v) is 12.0. The summed E-state index contributed by atoms with van der Waals surface area (Å²) < 4.78 is 7.97. The van der Waals surface area contributed by atoms with E-state index in [0.29, 0.717) is 17.7 Å². The Morgan fingerprint density at radius 1 is 1.09 bits per heavy atom. The average Bonchev–Trinajstić information content (AvgIpc) is 3.58. The molecule has 2 aromatic heterocycles. The van der Waals surface area contributed by atoms with Gasteiger partial charge in [0, 0.05) is 24.5 Å². The summed E-state index contributed by atoms with van der Waals surface area (Å²) in [5.74, 6) is 3.59. The Bertz CT molecular complexity index is 1400. The van der Waals surface area contributed by atoms with Crippen molar-refractivity contribution < 1.29 is 9.53 Å². The quantitative estimate of drug-likeness (QED) is 0.407. The topological polar surface area (TPSA) is 85.8 Å². The van der Waals surface area contributed by atoms with Gasteiger partial charge in [-0.3, -0.25) is 9.20 Å². The first kappa shape index (κ1) is 21.4. The van der Waals surface area contributed by atoms with E-state index in [1.165, 1.54) is 12.5 Å². The highest BCUT2D eigenvalue weighted by Crippen LogP contribution is 2.50. The lowest BCUT2D eigenvalue weighted by atomic mass is 9.93. The molecule has 2 aromatic carbocycles. The molecular weight excluding hydrogens is 438 g/mol. The number of aromatic nitrogens is 3. The van der Waals surface area contributed by atoms with E-state index >= 15 is 0 Å². The molecule has 4 aromatic rings. The highest BCUT2D eigenvalue weighted by molar-refractivity contribution is 5.88. The molecule has 35 heavy (non-hydrogen) atoms. The molecule has 1 saturated carbocycles. The largest absolute Gasteiger partial charge is 0.457 e. The van der Waals surface area contributed by atoms with Crippen LogP contribution in [0.25, 0.3) is 16.8 Å². The van der Waals surface area contributed by atoms with Crippen LogP contribution in [0.5, 0.6) is 11.5 Å². The van der Waals surface area contributed by atoms with Gasteiger partial charge in [-0.05, 0) is 67.2 Å². The van der Waals surface area contributed by atoms with Gasteiger partial charge in [-0.25, -0.2) is 9.97 Å². The minimum absolute atomic E-state index is 0.0489. The van der Waals surface area contributed by atoms with Gasteiger partial charge in [-0.1, -0.05) is 31.2 Å². The molecule has 7 nitrogen and oxygen atoms in total. The molecule has 0 radical (unpaired) electrons. The number of amides is 1. The van der Waals surface area contributed by atoms with Gasteiger partial charge in [0.25, 0.3) is 0 Å². The number of fused-ring (bicyclic) bond motifs is 2. The molecule has 0 bridgehead atoms. The fraction of sp³-hybridized carbons (Fsp3) is 0.250. The van der Waals surface area contributed by atoms with Gasteiger partial charge < -0.3 is 15.4 Å². The van der Waals surface area contributed by atoms with Gasteiger partial charge >= 0.3 is 0 Å². The first-order chi connectivity index (χ1) is 17.1. The van der Waals surface area contributed by atoms with E-state index in [1.54, 1.807) is 6.20 Å². The van der Waals surface area contributed by atoms with Crippen LogP contribution in [-0.4, -0.2) is 31.7 Å². The van der Waals surface area contributed by atoms with Crippen molar-refractivity contribution in [2.45, 2.75) is 25.3 Å². The van der Waals surface area contributed by atoms with Crippen LogP contribution in [0.15, 0.2) is 79.6 Å². The lowest BCUT2D eigenvalue weighted by Gasteiger charge is -2.26. The Labute approximate surface area is 203 Å². The van der Waals surface area contributed by atoms with Crippen LogP contribution in [0.2, 0.25) is 0 Å². The predicted octanol–water partition coefficient (Wildman–Crippen LogP) is 5.26. The van der Waals surface area contributed by atoms with Crippen LogP contribution in [0, 0.1) is 11.8 Å². The van der Waals surface area contributed by atoms with Gasteiger partial charge in [0.15, 0.2) is 0 Å². The van der Waals surface area contributed by atoms with Gasteiger partial charge in [-0.15, -0.1) is 0 Å². The second-order valence-electron chi connectivity index (χ2n) is 9.28. The number of imidazole rings is 1. The molecule has 3 unspecified atom stereocenters. The zero-order valence-corrected chi connectivity index (χ0v) is 19.4. The maximum absolute atomic E-state index is 12.8. The molecule has 1 saturated heterocycles. The fourth-order valence-corrected chi connectivity index (χ4v) is 5.78. The number of ether oxygens (including phenoxy) is 1. The van der Waals surface area contributed by atoms with Crippen LogP contribution in [0.4, 0.5) is 5.82 Å². The Morgan fingerprint density at radius 2 is 1.86 bits per heavy atom. The zero-order valence-electron chi connectivity index (χ0n) is 19.4. The number of carbonyl (C=O) groups excluding carboxylic acids is 1. The SMILES string of the molecule is C=CC(=O)N1CC2CCCC2C1c1nc(-c2ccc(Oc3ccccc3)cc2)c2c(N)nccn12. The molecule has 3 atom stereocenters. The van der Waals surface area contributed by atoms with Crippen molar-refractivity contribution in [1.29, 1.82) is 0 Å². The minimum atomic E-state index is -0.114. The molecule has 176 valence electrons. The third-order valence-electron chi connectivity index (χ3n) is 7.33. The summed E-state index contributed by atoms with van der Waals surface area (Å²) in [5, 5.41) is 0. The number of rotatable bonds is 5. The Morgan fingerprint density at radius 3 is 2.63 bits per heavy atom. The van der Waals surface area contributed by atoms with E-state index in [2.05, 4.69) is 11.6 Å². The number of nitrogens with two attached hydrogens (primary N) is 1. The molecule has 2 aliphatic rings. The van der Waals surface area contributed by atoms with Gasteiger partial charge in [0.05, 0.1) is 6.04 Å². The number of nitrogen functional groups attached to an aromatic ring is 1. The number of anilines is 1. The van der Waals surface area contributed by atoms with Crippen molar-refractivity contribution in [2.24, 2.45) is 11.8 Å². The smallest absolute Gasteiger partial charge is 0.246 e. The minimum Gasteiger partial charge on any atom is -0.457 e. The number of hydrogen-bond acceptors (Lipinski definition) is 5. The summed E-state index contributed by atoms with van der Waals surface area (Å²) in [6.45, 7) is 4.48. The number of para-hydroxylation sites is 1. The van der Waals surface area contributed by atoms with Crippen molar-refractivity contribution in [1.82, 2.24) is 19.3 Å². The van der Waals surface area contributed by atoms with Crippen molar-refractivity contribution >= 4 is 17.2 Å². The third kappa shape index (κ3) is 3.64. The molecule has 1 aliphatic carbocycles. The summed E-state index contributed by atoms with van der Waals surface area (Å²) in [7, 11) is 0. The first-order valence-electron chi connectivity index (χ1n) is 12.0. The monoisotopic (exact) mass is 465 g/mol. The maximum Gasteiger partial charge on any atom is 0.246 e. The average molecular weight is 466 g/mol. The van der Waals surface area contributed by atoms with Crippen molar-refractivity contribution in [3.8, 4) is 22.8 Å². The van der Waals surface area contributed by atoms with E-state index in [1.807, 2.05) is 70.1 Å². The van der Waals surface area contributed by atoms with Crippen LogP contribution < -0.4 is 10.5 Å². The molecule has 1 aliphatic heterocycles. The molecule has 6 rings (SSSR count). The standard InChI is InChI=1S/C28H27N5O2/c1-2-23(34)33-17-19-7-6-10-22(19)25(33)28-31-24(26-27(29)30-15-16-32(26)28)18-11-13-21(14-12-18)35-20-8-4-3-5-9-20/h2-5,8-9,11-16,19,22,25H,1,6-7,10,17H2,(H2,29,30). The molecule has 3 heterocycles. The van der Waals surface area contributed by atoms with Crippen molar-refractivity contribution in [2.75, 3.05) is 12.3 Å². The van der Waals surface area contributed by atoms with Crippen molar-refractivity contribution in [3.05, 3.63) is 85.5 Å². The maximum atomic E-state index is 12.8. The molecule has 2 fully saturated rings. The summed E-state index contributed by atoms with van der Waals surface area (Å²) >= 11 is 0. The lowest BCUT2D eigenvalue weighted by Crippen LogP contribution is -2.32. The summed E-state index contributed by atoms with van der Waals surface area (Å²) in [5.41, 5.74) is 8.80. The van der Waals surface area contributed by atoms with Gasteiger partial charge in [-0.2, -0.15) is 0 Å². The van der Waals surface area contributed by atoms with Crippen LogP contribution in [0.1, 0.15) is 31.1 Å². The molecule has 2 N–H and O–H groups in total. The normalized spacial score (nSPS) is 21.3. The number of benzene rings is 2. The number of carbonyl (C=O) groups is 1. The van der Waals surface area contributed by atoms with E-state index < -0.39 is 0 Å². The Balaban J connectivity index is 1.43. The van der Waals surface area contributed by atoms with E-state index in [0.717, 1.165) is 53.5 Å². The van der Waals surface area contributed by atoms with E-state index in [4.69, 9.17) is 15.5 Å². The zero-order chi connectivity index (χ0) is 23.9. The van der Waals surface area contributed by atoms with E-state index in [9.17, 15) is 4.79 Å². The molecular formula is C28H27N5O2. The highest BCUT2D eigenvalue weighted by atomic mass is 16.5. The summed E-state index contributed by atoms with van der Waals surface area (Å²) in [4.78, 5) is 24.2. The number of hydrogen-bond donors (Lipinski definition) is 1. The highest BCUT2D eigenvalue weighted by Gasteiger charge is 2.48. The number of nitrogens with zero attached hydrogens (tertiary/aromatic N) is 4. The summed E-state index contributed by atoms with van der Waals surface area (Å²) in [6, 6.07) is 17.4. The van der Waals surface area contributed by atoms with Crippen LogP contribution in [0.3, 0.4) is 0 Å². The third-order valence-corrected chi connectivity index (χ3v) is 7.33. The Kier molecular flexibility index (Phi) is 5.25. The van der Waals surface area contributed by atoms with Crippen molar-refractivity contribution in [3.63, 3.8) is 0 Å². The second-order valence-corrected chi connectivity index (χ2v) is 9.28. The van der Waals surface area contributed by atoms with Crippen LogP contribution >= 0.6 is 0 Å².